The summed E-state index contributed by atoms with van der Waals surface area (Å²) in [7, 11) is 5.46. The lowest BCUT2D eigenvalue weighted by molar-refractivity contribution is -0.137. The van der Waals surface area contributed by atoms with Crippen molar-refractivity contribution < 1.29 is 14.3 Å². The van der Waals surface area contributed by atoms with E-state index in [2.05, 4.69) is 29.0 Å². The minimum Gasteiger partial charge on any atom is -0.497 e. The largest absolute Gasteiger partial charge is 0.497 e. The number of benzene rings is 2. The minimum atomic E-state index is 0.174. The lowest BCUT2D eigenvalue weighted by Gasteiger charge is -2.41. The van der Waals surface area contributed by atoms with Crippen LogP contribution >= 0.6 is 0 Å². The Morgan fingerprint density at radius 3 is 2.10 bits per heavy atom. The molecule has 1 aliphatic rings. The summed E-state index contributed by atoms with van der Waals surface area (Å²) in [6.45, 7) is 1.76. The van der Waals surface area contributed by atoms with E-state index in [9.17, 15) is 4.79 Å². The van der Waals surface area contributed by atoms with E-state index in [0.29, 0.717) is 6.42 Å². The summed E-state index contributed by atoms with van der Waals surface area (Å²) in [4.78, 5) is 17.7. The Hall–Kier alpha value is -2.53. The molecule has 5 nitrogen and oxygen atoms in total. The average molecular weight is 397 g/mol. The quantitative estimate of drug-likeness (QED) is 0.681. The standard InChI is InChI=1S/C24H32N2O3/c1-25-16-5-4-6-23(25)26(17-15-19-7-11-21(28-2)12-8-19)24(27)18-20-9-13-22(29-3)14-10-20/h7-14,23H,4-6,15-18H2,1-3H3. The predicted molar refractivity (Wildman–Crippen MR) is 115 cm³/mol. The molecule has 29 heavy (non-hydrogen) atoms. The van der Waals surface area contributed by atoms with Gasteiger partial charge in [-0.25, -0.2) is 0 Å². The highest BCUT2D eigenvalue weighted by atomic mass is 16.5. The Morgan fingerprint density at radius 1 is 0.966 bits per heavy atom. The minimum absolute atomic E-state index is 0.174. The molecule has 1 unspecified atom stereocenters. The van der Waals surface area contributed by atoms with E-state index < -0.39 is 0 Å². The van der Waals surface area contributed by atoms with Crippen molar-refractivity contribution in [1.82, 2.24) is 9.80 Å². The monoisotopic (exact) mass is 396 g/mol. The molecular weight excluding hydrogens is 364 g/mol. The maximum Gasteiger partial charge on any atom is 0.228 e. The molecule has 0 N–H and O–H groups in total. The van der Waals surface area contributed by atoms with Crippen molar-refractivity contribution in [3.8, 4) is 11.5 Å². The first-order chi connectivity index (χ1) is 14.1. The van der Waals surface area contributed by atoms with Crippen molar-refractivity contribution >= 4 is 5.91 Å². The summed E-state index contributed by atoms with van der Waals surface area (Å²) < 4.78 is 10.5. The van der Waals surface area contributed by atoms with Crippen LogP contribution in [-0.4, -0.2) is 56.2 Å². The number of hydrogen-bond donors (Lipinski definition) is 0. The SMILES string of the molecule is COc1ccc(CCN(C(=O)Cc2ccc(OC)cc2)C2CCCCN2C)cc1. The van der Waals surface area contributed by atoms with Crippen LogP contribution in [0.25, 0.3) is 0 Å². The lowest BCUT2D eigenvalue weighted by Crippen LogP contribution is -2.52. The topological polar surface area (TPSA) is 42.0 Å². The van der Waals surface area contributed by atoms with Crippen molar-refractivity contribution in [2.75, 3.05) is 34.4 Å². The van der Waals surface area contributed by atoms with Crippen molar-refractivity contribution in [3.05, 3.63) is 59.7 Å². The zero-order valence-electron chi connectivity index (χ0n) is 17.8. The summed E-state index contributed by atoms with van der Waals surface area (Å²) in [5.74, 6) is 1.85. The maximum atomic E-state index is 13.3. The second-order valence-corrected chi connectivity index (χ2v) is 7.67. The van der Waals surface area contributed by atoms with E-state index in [0.717, 1.165) is 43.0 Å². The first-order valence-corrected chi connectivity index (χ1v) is 10.4. The summed E-state index contributed by atoms with van der Waals surface area (Å²) >= 11 is 0. The molecule has 0 aromatic heterocycles. The van der Waals surface area contributed by atoms with Gasteiger partial charge in [-0.2, -0.15) is 0 Å². The number of hydrogen-bond acceptors (Lipinski definition) is 4. The second kappa shape index (κ2) is 10.3. The number of ether oxygens (including phenoxy) is 2. The maximum absolute atomic E-state index is 13.3. The number of carbonyl (C=O) groups is 1. The molecule has 1 amide bonds. The third kappa shape index (κ3) is 5.73. The molecule has 1 aliphatic heterocycles. The molecule has 0 saturated carbocycles. The van der Waals surface area contributed by atoms with Crippen LogP contribution in [0.3, 0.4) is 0 Å². The number of rotatable bonds is 8. The number of carbonyl (C=O) groups excluding carboxylic acids is 1. The predicted octanol–water partition coefficient (Wildman–Crippen LogP) is 3.76. The Labute approximate surface area is 174 Å². The fourth-order valence-corrected chi connectivity index (χ4v) is 3.95. The molecule has 0 radical (unpaired) electrons. The number of amides is 1. The molecule has 2 aromatic carbocycles. The molecule has 1 atom stereocenters. The molecule has 0 spiro atoms. The van der Waals surface area contributed by atoms with Crippen LogP contribution in [0.15, 0.2) is 48.5 Å². The zero-order chi connectivity index (χ0) is 20.6. The fraction of sp³-hybridized carbons (Fsp3) is 0.458. The van der Waals surface area contributed by atoms with E-state index in [1.165, 1.54) is 18.4 Å². The molecule has 5 heteroatoms. The van der Waals surface area contributed by atoms with Crippen LogP contribution in [0.5, 0.6) is 11.5 Å². The van der Waals surface area contributed by atoms with Crippen molar-refractivity contribution in [1.29, 1.82) is 0 Å². The normalized spacial score (nSPS) is 17.0. The Balaban J connectivity index is 1.71. The molecule has 1 saturated heterocycles. The van der Waals surface area contributed by atoms with Crippen LogP contribution in [-0.2, 0) is 17.6 Å². The lowest BCUT2D eigenvalue weighted by atomic mass is 10.0. The number of nitrogens with zero attached hydrogens (tertiary/aromatic N) is 2. The van der Waals surface area contributed by atoms with Crippen LogP contribution in [0, 0.1) is 0 Å². The average Bonchev–Trinajstić information content (AvgIpc) is 2.76. The van der Waals surface area contributed by atoms with Gasteiger partial charge in [0.05, 0.1) is 26.8 Å². The van der Waals surface area contributed by atoms with E-state index in [1.54, 1.807) is 14.2 Å². The van der Waals surface area contributed by atoms with E-state index in [4.69, 9.17) is 9.47 Å². The Kier molecular flexibility index (Phi) is 7.53. The van der Waals surface area contributed by atoms with Gasteiger partial charge in [-0.05, 0) is 74.7 Å². The molecule has 1 heterocycles. The molecule has 1 fully saturated rings. The van der Waals surface area contributed by atoms with Gasteiger partial charge in [0.1, 0.15) is 11.5 Å². The van der Waals surface area contributed by atoms with Crippen LogP contribution in [0.4, 0.5) is 0 Å². The van der Waals surface area contributed by atoms with Gasteiger partial charge in [0.2, 0.25) is 5.91 Å². The third-order valence-corrected chi connectivity index (χ3v) is 5.73. The fourth-order valence-electron chi connectivity index (χ4n) is 3.95. The number of likely N-dealkylation sites (tertiary alicyclic amines) is 1. The molecule has 156 valence electrons. The second-order valence-electron chi connectivity index (χ2n) is 7.67. The van der Waals surface area contributed by atoms with Crippen molar-refractivity contribution in [2.24, 2.45) is 0 Å². The Bertz CT molecular complexity index is 774. The van der Waals surface area contributed by atoms with E-state index in [1.807, 2.05) is 36.4 Å². The van der Waals surface area contributed by atoms with Crippen LogP contribution in [0.1, 0.15) is 30.4 Å². The first-order valence-electron chi connectivity index (χ1n) is 10.4. The summed E-state index contributed by atoms with van der Waals surface area (Å²) in [6.07, 6.45) is 4.83. The Morgan fingerprint density at radius 2 is 1.55 bits per heavy atom. The van der Waals surface area contributed by atoms with Gasteiger partial charge in [-0.15, -0.1) is 0 Å². The molecular formula is C24H32N2O3. The van der Waals surface area contributed by atoms with E-state index >= 15 is 0 Å². The first kappa shape index (κ1) is 21.2. The van der Waals surface area contributed by atoms with Gasteiger partial charge >= 0.3 is 0 Å². The van der Waals surface area contributed by atoms with Crippen molar-refractivity contribution in [3.63, 3.8) is 0 Å². The number of methoxy groups -OCH3 is 2. The van der Waals surface area contributed by atoms with Crippen LogP contribution in [0.2, 0.25) is 0 Å². The van der Waals surface area contributed by atoms with Crippen molar-refractivity contribution in [2.45, 2.75) is 38.3 Å². The molecule has 0 bridgehead atoms. The van der Waals surface area contributed by atoms with Gasteiger partial charge in [-0.1, -0.05) is 24.3 Å². The van der Waals surface area contributed by atoms with Gasteiger partial charge < -0.3 is 14.4 Å². The number of piperidine rings is 1. The van der Waals surface area contributed by atoms with E-state index in [-0.39, 0.29) is 12.1 Å². The smallest absolute Gasteiger partial charge is 0.228 e. The van der Waals surface area contributed by atoms with Gasteiger partial charge in [0, 0.05) is 6.54 Å². The summed E-state index contributed by atoms with van der Waals surface area (Å²) in [6, 6.07) is 15.9. The molecule has 3 rings (SSSR count). The van der Waals surface area contributed by atoms with Gasteiger partial charge in [-0.3, -0.25) is 9.69 Å². The zero-order valence-corrected chi connectivity index (χ0v) is 17.8. The summed E-state index contributed by atoms with van der Waals surface area (Å²) in [5.41, 5.74) is 2.23. The van der Waals surface area contributed by atoms with Gasteiger partial charge in [0.15, 0.2) is 0 Å². The van der Waals surface area contributed by atoms with Gasteiger partial charge in [0.25, 0.3) is 0 Å². The molecule has 2 aromatic rings. The van der Waals surface area contributed by atoms with Crippen LogP contribution < -0.4 is 9.47 Å². The summed E-state index contributed by atoms with van der Waals surface area (Å²) in [5, 5.41) is 0. The highest BCUT2D eigenvalue weighted by molar-refractivity contribution is 5.79. The third-order valence-electron chi connectivity index (χ3n) is 5.73. The molecule has 0 aliphatic carbocycles. The highest BCUT2D eigenvalue weighted by Gasteiger charge is 2.28. The highest BCUT2D eigenvalue weighted by Crippen LogP contribution is 2.21.